The van der Waals surface area contributed by atoms with Gasteiger partial charge in [-0.15, -0.1) is 0 Å². The van der Waals surface area contributed by atoms with Gasteiger partial charge in [0.05, 0.1) is 16.2 Å². The van der Waals surface area contributed by atoms with Gasteiger partial charge in [0.15, 0.2) is 11.9 Å². The van der Waals surface area contributed by atoms with Crippen LogP contribution in [0.15, 0.2) is 18.2 Å². The normalized spacial score (nSPS) is 11.7. The highest BCUT2D eigenvalue weighted by molar-refractivity contribution is 6.32. The minimum atomic E-state index is -1.16. The zero-order chi connectivity index (χ0) is 20.5. The lowest BCUT2D eigenvalue weighted by atomic mass is 10.0. The van der Waals surface area contributed by atoms with Crippen LogP contribution < -0.4 is 0 Å². The minimum absolute atomic E-state index is 0.102. The number of ketones is 2. The molecule has 0 saturated heterocycles. The van der Waals surface area contributed by atoms with Gasteiger partial charge in [0.25, 0.3) is 5.69 Å². The topological polar surface area (TPSA) is 119 Å². The van der Waals surface area contributed by atoms with Gasteiger partial charge >= 0.3 is 5.97 Å². The van der Waals surface area contributed by atoms with Crippen LogP contribution in [0.1, 0.15) is 56.3 Å². The molecule has 9 heteroatoms. The van der Waals surface area contributed by atoms with Gasteiger partial charge in [-0.25, -0.2) is 4.79 Å². The number of rotatable bonds is 6. The molecule has 0 saturated carbocycles. The summed E-state index contributed by atoms with van der Waals surface area (Å²) in [7, 11) is 0. The van der Waals surface area contributed by atoms with Crippen LogP contribution in [0.5, 0.6) is 0 Å². The summed E-state index contributed by atoms with van der Waals surface area (Å²) in [6, 6.07) is 3.47. The van der Waals surface area contributed by atoms with Crippen LogP contribution in [0.3, 0.4) is 0 Å². The Bertz CT molecular complexity index is 963. The van der Waals surface area contributed by atoms with Crippen LogP contribution in [0.25, 0.3) is 0 Å². The Hall–Kier alpha value is -3.00. The quantitative estimate of drug-likeness (QED) is 0.345. The van der Waals surface area contributed by atoms with Gasteiger partial charge in [-0.3, -0.25) is 19.7 Å². The second-order valence-corrected chi connectivity index (χ2v) is 6.42. The van der Waals surface area contributed by atoms with Gasteiger partial charge in [-0.1, -0.05) is 11.6 Å². The second-order valence-electron chi connectivity index (χ2n) is 6.02. The van der Waals surface area contributed by atoms with Crippen molar-refractivity contribution in [2.45, 2.75) is 33.8 Å². The summed E-state index contributed by atoms with van der Waals surface area (Å²) in [6.07, 6.45) is -1.16. The van der Waals surface area contributed by atoms with E-state index in [1.54, 1.807) is 13.8 Å². The maximum atomic E-state index is 12.6. The lowest BCUT2D eigenvalue weighted by molar-refractivity contribution is -0.384. The van der Waals surface area contributed by atoms with E-state index in [0.29, 0.717) is 16.8 Å². The highest BCUT2D eigenvalue weighted by atomic mass is 35.5. The standard InChI is InChI=1S/C18H17ClN2O6/c1-8-15(10(3)22)9(2)20-16(8)17(23)11(4)27-18(24)12-5-6-13(19)14(7-12)21(25)26/h5-7,11,20H,1-4H3. The molecule has 0 amide bonds. The minimum Gasteiger partial charge on any atom is -0.451 e. The second kappa shape index (κ2) is 7.71. The number of H-pyrrole nitrogens is 1. The van der Waals surface area contributed by atoms with Crippen molar-refractivity contribution in [3.8, 4) is 0 Å². The zero-order valence-corrected chi connectivity index (χ0v) is 15.8. The van der Waals surface area contributed by atoms with Crippen LogP contribution in [0, 0.1) is 24.0 Å². The van der Waals surface area contributed by atoms with Crippen LogP contribution in [0.2, 0.25) is 5.02 Å². The number of nitro benzene ring substituents is 1. The molecule has 1 N–H and O–H groups in total. The fourth-order valence-corrected chi connectivity index (χ4v) is 2.98. The molecule has 1 unspecified atom stereocenters. The SMILES string of the molecule is CC(=O)c1c(C)[nH]c(C(=O)C(C)OC(=O)c2ccc(Cl)c([N+](=O)[O-])c2)c1C. The fourth-order valence-electron chi connectivity index (χ4n) is 2.79. The van der Waals surface area contributed by atoms with Crippen molar-refractivity contribution in [2.24, 2.45) is 0 Å². The summed E-state index contributed by atoms with van der Waals surface area (Å²) < 4.78 is 5.13. The van der Waals surface area contributed by atoms with Gasteiger partial charge in [0.2, 0.25) is 5.78 Å². The summed E-state index contributed by atoms with van der Waals surface area (Å²) in [6.45, 7) is 6.08. The largest absolute Gasteiger partial charge is 0.451 e. The van der Waals surface area contributed by atoms with E-state index in [9.17, 15) is 24.5 Å². The predicted molar refractivity (Wildman–Crippen MR) is 97.6 cm³/mol. The van der Waals surface area contributed by atoms with Gasteiger partial charge in [-0.2, -0.15) is 0 Å². The van der Waals surface area contributed by atoms with E-state index >= 15 is 0 Å². The van der Waals surface area contributed by atoms with Gasteiger partial charge in [0, 0.05) is 17.3 Å². The maximum absolute atomic E-state index is 12.6. The number of benzene rings is 1. The summed E-state index contributed by atoms with van der Waals surface area (Å²) in [4.78, 5) is 49.6. The molecule has 0 fully saturated rings. The molecule has 0 bridgehead atoms. The maximum Gasteiger partial charge on any atom is 0.339 e. The number of carbonyl (C=O) groups excluding carboxylic acids is 3. The van der Waals surface area contributed by atoms with Crippen molar-refractivity contribution in [3.63, 3.8) is 0 Å². The molecule has 142 valence electrons. The molecule has 1 aromatic heterocycles. The number of halogens is 1. The number of nitro groups is 1. The monoisotopic (exact) mass is 392 g/mol. The third-order valence-corrected chi connectivity index (χ3v) is 4.39. The molecule has 27 heavy (non-hydrogen) atoms. The molecule has 2 aromatic rings. The van der Waals surface area contributed by atoms with E-state index in [-0.39, 0.29) is 22.1 Å². The number of ether oxygens (including phenoxy) is 1. The van der Waals surface area contributed by atoms with Crippen molar-refractivity contribution in [3.05, 3.63) is 61.4 Å². The average Bonchev–Trinajstić information content (AvgIpc) is 2.88. The summed E-state index contributed by atoms with van der Waals surface area (Å²) in [5.41, 5.74) is 1.09. The van der Waals surface area contributed by atoms with Crippen molar-refractivity contribution >= 4 is 34.8 Å². The van der Waals surface area contributed by atoms with Crippen LogP contribution >= 0.6 is 11.6 Å². The number of hydrogen-bond donors (Lipinski definition) is 1. The number of aromatic nitrogens is 1. The van der Waals surface area contributed by atoms with Crippen LogP contribution in [-0.2, 0) is 4.74 Å². The Morgan fingerprint density at radius 2 is 1.89 bits per heavy atom. The summed E-state index contributed by atoms with van der Waals surface area (Å²) in [5, 5.41) is 10.8. The third kappa shape index (κ3) is 4.06. The predicted octanol–water partition coefficient (Wildman–Crippen LogP) is 3.82. The molecule has 0 spiro atoms. The van der Waals surface area contributed by atoms with E-state index in [0.717, 1.165) is 6.07 Å². The number of carbonyl (C=O) groups is 3. The number of nitrogens with one attached hydrogen (secondary N) is 1. The third-order valence-electron chi connectivity index (χ3n) is 4.07. The number of Topliss-reactive ketones (excluding diaryl/α,β-unsaturated/α-hetero) is 2. The molecular formula is C18H17ClN2O6. The van der Waals surface area contributed by atoms with E-state index in [1.807, 2.05) is 0 Å². The smallest absolute Gasteiger partial charge is 0.339 e. The Morgan fingerprint density at radius 3 is 2.41 bits per heavy atom. The first-order chi connectivity index (χ1) is 12.5. The average molecular weight is 393 g/mol. The zero-order valence-electron chi connectivity index (χ0n) is 15.1. The van der Waals surface area contributed by atoms with Crippen molar-refractivity contribution in [1.29, 1.82) is 0 Å². The van der Waals surface area contributed by atoms with Crippen LogP contribution in [0.4, 0.5) is 5.69 Å². The number of nitrogens with zero attached hydrogens (tertiary/aromatic N) is 1. The van der Waals surface area contributed by atoms with E-state index < -0.39 is 28.5 Å². The Morgan fingerprint density at radius 1 is 1.26 bits per heavy atom. The number of aryl methyl sites for hydroxylation is 1. The number of esters is 1. The molecule has 0 radical (unpaired) electrons. The van der Waals surface area contributed by atoms with Gasteiger partial charge < -0.3 is 9.72 Å². The van der Waals surface area contributed by atoms with Gasteiger partial charge in [0.1, 0.15) is 5.02 Å². The molecule has 0 aliphatic heterocycles. The lowest BCUT2D eigenvalue weighted by Crippen LogP contribution is -2.25. The Labute approximate surface area is 159 Å². The molecule has 1 heterocycles. The highest BCUT2D eigenvalue weighted by Gasteiger charge is 2.27. The molecule has 1 atom stereocenters. The van der Waals surface area contributed by atoms with E-state index in [4.69, 9.17) is 16.3 Å². The molecule has 0 aliphatic rings. The molecule has 1 aromatic carbocycles. The number of hydrogen-bond acceptors (Lipinski definition) is 6. The first-order valence-corrected chi connectivity index (χ1v) is 8.31. The fraction of sp³-hybridized carbons (Fsp3) is 0.278. The molecule has 0 aliphatic carbocycles. The van der Waals surface area contributed by atoms with Gasteiger partial charge in [-0.05, 0) is 45.4 Å². The first-order valence-electron chi connectivity index (χ1n) is 7.93. The van der Waals surface area contributed by atoms with E-state index in [1.165, 1.54) is 26.0 Å². The molecule has 8 nitrogen and oxygen atoms in total. The first kappa shape index (κ1) is 20.3. The lowest BCUT2D eigenvalue weighted by Gasteiger charge is -2.12. The molecular weight excluding hydrogens is 376 g/mol. The summed E-state index contributed by atoms with van der Waals surface area (Å²) in [5.74, 6) is -1.60. The Balaban J connectivity index is 2.23. The number of aromatic amines is 1. The van der Waals surface area contributed by atoms with Crippen molar-refractivity contribution < 1.29 is 24.0 Å². The molecule has 2 rings (SSSR count). The van der Waals surface area contributed by atoms with Crippen molar-refractivity contribution in [1.82, 2.24) is 4.98 Å². The van der Waals surface area contributed by atoms with E-state index in [2.05, 4.69) is 4.98 Å². The van der Waals surface area contributed by atoms with Crippen LogP contribution in [-0.4, -0.2) is 33.5 Å². The Kier molecular flexibility index (Phi) is 5.80. The van der Waals surface area contributed by atoms with Crippen molar-refractivity contribution in [2.75, 3.05) is 0 Å². The summed E-state index contributed by atoms with van der Waals surface area (Å²) >= 11 is 5.71. The highest BCUT2D eigenvalue weighted by Crippen LogP contribution is 2.26.